The molecule has 0 saturated heterocycles. The van der Waals surface area contributed by atoms with E-state index in [9.17, 15) is 4.79 Å². The van der Waals surface area contributed by atoms with Crippen LogP contribution in [0.15, 0.2) is 23.8 Å². The number of esters is 1. The highest BCUT2D eigenvalue weighted by molar-refractivity contribution is 5.81. The molecule has 0 aliphatic rings. The summed E-state index contributed by atoms with van der Waals surface area (Å²) in [5, 5.41) is 0. The lowest BCUT2D eigenvalue weighted by atomic mass is 10.0. The standard InChI is InChI=1S/C13H22O2/c1-5-15-13(14)10-9-12(4)8-6-7-11(2)3/h7,9-10,12H,5-6,8H2,1-4H3/b10-9+/t12-/m1/s1. The number of hydrogen-bond acceptors (Lipinski definition) is 2. The molecule has 0 unspecified atom stereocenters. The van der Waals surface area contributed by atoms with Crippen molar-refractivity contribution < 1.29 is 9.53 Å². The van der Waals surface area contributed by atoms with Gasteiger partial charge >= 0.3 is 5.97 Å². The fourth-order valence-corrected chi connectivity index (χ4v) is 1.16. The molecule has 0 aliphatic carbocycles. The largest absolute Gasteiger partial charge is 0.463 e. The van der Waals surface area contributed by atoms with Crippen LogP contribution in [0.1, 0.15) is 40.5 Å². The van der Waals surface area contributed by atoms with Crippen LogP contribution >= 0.6 is 0 Å². The first-order valence-corrected chi connectivity index (χ1v) is 5.54. The molecule has 1 atom stereocenters. The summed E-state index contributed by atoms with van der Waals surface area (Å²) in [6.45, 7) is 8.55. The van der Waals surface area contributed by atoms with Gasteiger partial charge in [-0.15, -0.1) is 0 Å². The Morgan fingerprint density at radius 3 is 2.60 bits per heavy atom. The van der Waals surface area contributed by atoms with Crippen molar-refractivity contribution in [1.82, 2.24) is 0 Å². The molecule has 2 heteroatoms. The Bertz CT molecular complexity index is 235. The number of allylic oxidation sites excluding steroid dienone is 3. The minimum atomic E-state index is -0.244. The maximum absolute atomic E-state index is 11.0. The van der Waals surface area contributed by atoms with Gasteiger partial charge in [0.25, 0.3) is 0 Å². The van der Waals surface area contributed by atoms with E-state index in [1.165, 1.54) is 11.6 Å². The molecular formula is C13H22O2. The SMILES string of the molecule is CCOC(=O)/C=C/[C@H](C)CCC=C(C)C. The van der Waals surface area contributed by atoms with Crippen LogP contribution in [0, 0.1) is 5.92 Å². The van der Waals surface area contributed by atoms with Gasteiger partial charge in [0.15, 0.2) is 0 Å². The van der Waals surface area contributed by atoms with Gasteiger partial charge in [-0.1, -0.05) is 24.6 Å². The smallest absolute Gasteiger partial charge is 0.330 e. The van der Waals surface area contributed by atoms with E-state index < -0.39 is 0 Å². The van der Waals surface area contributed by atoms with Crippen molar-refractivity contribution in [3.05, 3.63) is 23.8 Å². The van der Waals surface area contributed by atoms with Crippen molar-refractivity contribution in [1.29, 1.82) is 0 Å². The summed E-state index contributed by atoms with van der Waals surface area (Å²) in [5.74, 6) is 0.177. The molecule has 0 aromatic rings. The summed E-state index contributed by atoms with van der Waals surface area (Å²) < 4.78 is 4.80. The van der Waals surface area contributed by atoms with E-state index in [2.05, 4.69) is 26.8 Å². The molecule has 0 saturated carbocycles. The molecule has 0 bridgehead atoms. The summed E-state index contributed by atoms with van der Waals surface area (Å²) in [6.07, 6.45) is 7.79. The Balaban J connectivity index is 3.77. The summed E-state index contributed by atoms with van der Waals surface area (Å²) >= 11 is 0. The van der Waals surface area contributed by atoms with Crippen molar-refractivity contribution >= 4 is 5.97 Å². The second kappa shape index (κ2) is 8.27. The van der Waals surface area contributed by atoms with Crippen molar-refractivity contribution in [2.24, 2.45) is 5.92 Å². The summed E-state index contributed by atoms with van der Waals surface area (Å²) in [7, 11) is 0. The Labute approximate surface area is 93.0 Å². The molecule has 0 aliphatic heterocycles. The third-order valence-electron chi connectivity index (χ3n) is 2.02. The highest BCUT2D eigenvalue weighted by Gasteiger charge is 1.98. The number of ether oxygens (including phenoxy) is 1. The molecular weight excluding hydrogens is 188 g/mol. The minimum absolute atomic E-state index is 0.244. The Kier molecular flexibility index (Phi) is 7.69. The molecule has 0 rings (SSSR count). The van der Waals surface area contributed by atoms with Crippen LogP contribution in [0.4, 0.5) is 0 Å². The van der Waals surface area contributed by atoms with E-state index >= 15 is 0 Å². The van der Waals surface area contributed by atoms with Crippen LogP contribution in [-0.4, -0.2) is 12.6 Å². The lowest BCUT2D eigenvalue weighted by Gasteiger charge is -2.03. The Morgan fingerprint density at radius 2 is 2.07 bits per heavy atom. The van der Waals surface area contributed by atoms with Gasteiger partial charge in [-0.05, 0) is 39.5 Å². The van der Waals surface area contributed by atoms with E-state index in [-0.39, 0.29) is 5.97 Å². The average molecular weight is 210 g/mol. The van der Waals surface area contributed by atoms with Crippen molar-refractivity contribution in [2.45, 2.75) is 40.5 Å². The minimum Gasteiger partial charge on any atom is -0.463 e. The van der Waals surface area contributed by atoms with Gasteiger partial charge < -0.3 is 4.74 Å². The van der Waals surface area contributed by atoms with E-state index in [4.69, 9.17) is 4.74 Å². The van der Waals surface area contributed by atoms with Gasteiger partial charge in [-0.3, -0.25) is 0 Å². The highest BCUT2D eigenvalue weighted by Crippen LogP contribution is 2.09. The second-order valence-electron chi connectivity index (χ2n) is 3.95. The van der Waals surface area contributed by atoms with E-state index in [0.717, 1.165) is 12.8 Å². The van der Waals surface area contributed by atoms with Crippen LogP contribution in [0.3, 0.4) is 0 Å². The maximum atomic E-state index is 11.0. The molecule has 0 radical (unpaired) electrons. The molecule has 0 aromatic heterocycles. The van der Waals surface area contributed by atoms with Crippen molar-refractivity contribution in [3.63, 3.8) is 0 Å². The van der Waals surface area contributed by atoms with Gasteiger partial charge in [-0.25, -0.2) is 4.79 Å². The lowest BCUT2D eigenvalue weighted by Crippen LogP contribution is -2.00. The Hall–Kier alpha value is -1.05. The lowest BCUT2D eigenvalue weighted by molar-refractivity contribution is -0.137. The molecule has 2 nitrogen and oxygen atoms in total. The van der Waals surface area contributed by atoms with Crippen LogP contribution in [0.5, 0.6) is 0 Å². The zero-order chi connectivity index (χ0) is 11.7. The summed E-state index contributed by atoms with van der Waals surface area (Å²) in [5.41, 5.74) is 1.34. The predicted octanol–water partition coefficient (Wildman–Crippen LogP) is 3.49. The molecule has 0 heterocycles. The third kappa shape index (κ3) is 9.26. The summed E-state index contributed by atoms with van der Waals surface area (Å²) in [6, 6.07) is 0. The monoisotopic (exact) mass is 210 g/mol. The molecule has 0 aromatic carbocycles. The second-order valence-corrected chi connectivity index (χ2v) is 3.95. The van der Waals surface area contributed by atoms with Crippen LogP contribution < -0.4 is 0 Å². The van der Waals surface area contributed by atoms with Crippen LogP contribution in [-0.2, 0) is 9.53 Å². The summed E-state index contributed by atoms with van der Waals surface area (Å²) in [4.78, 5) is 11.0. The van der Waals surface area contributed by atoms with Gasteiger partial charge in [-0.2, -0.15) is 0 Å². The van der Waals surface area contributed by atoms with Gasteiger partial charge in [0.2, 0.25) is 0 Å². The quantitative estimate of drug-likeness (QED) is 0.381. The third-order valence-corrected chi connectivity index (χ3v) is 2.02. The number of hydrogen-bond donors (Lipinski definition) is 0. The topological polar surface area (TPSA) is 26.3 Å². The fraction of sp³-hybridized carbons (Fsp3) is 0.615. The Morgan fingerprint density at radius 1 is 1.40 bits per heavy atom. The molecule has 15 heavy (non-hydrogen) atoms. The number of rotatable bonds is 6. The highest BCUT2D eigenvalue weighted by atomic mass is 16.5. The van der Waals surface area contributed by atoms with Gasteiger partial charge in [0.05, 0.1) is 6.61 Å². The molecule has 0 spiro atoms. The molecule has 0 amide bonds. The average Bonchev–Trinajstić information content (AvgIpc) is 2.14. The van der Waals surface area contributed by atoms with E-state index in [0.29, 0.717) is 12.5 Å². The number of carbonyl (C=O) groups excluding carboxylic acids is 1. The first kappa shape index (κ1) is 13.9. The zero-order valence-corrected chi connectivity index (χ0v) is 10.2. The normalized spacial score (nSPS) is 12.5. The van der Waals surface area contributed by atoms with Gasteiger partial charge in [0.1, 0.15) is 0 Å². The first-order chi connectivity index (χ1) is 7.06. The predicted molar refractivity (Wildman–Crippen MR) is 63.6 cm³/mol. The molecule has 0 N–H and O–H groups in total. The van der Waals surface area contributed by atoms with E-state index in [1.54, 1.807) is 0 Å². The number of carbonyl (C=O) groups is 1. The first-order valence-electron chi connectivity index (χ1n) is 5.54. The van der Waals surface area contributed by atoms with E-state index in [1.807, 2.05) is 13.0 Å². The zero-order valence-electron chi connectivity index (χ0n) is 10.2. The van der Waals surface area contributed by atoms with Crippen molar-refractivity contribution in [2.75, 3.05) is 6.61 Å². The maximum Gasteiger partial charge on any atom is 0.330 e. The van der Waals surface area contributed by atoms with Crippen LogP contribution in [0.2, 0.25) is 0 Å². The molecule has 0 fully saturated rings. The van der Waals surface area contributed by atoms with Crippen molar-refractivity contribution in [3.8, 4) is 0 Å². The molecule has 86 valence electrons. The fourth-order valence-electron chi connectivity index (χ4n) is 1.16. The van der Waals surface area contributed by atoms with Gasteiger partial charge in [0, 0.05) is 6.08 Å². The van der Waals surface area contributed by atoms with Crippen LogP contribution in [0.25, 0.3) is 0 Å².